The zero-order valence-corrected chi connectivity index (χ0v) is 17.7. The molecule has 0 aliphatic carbocycles. The van der Waals surface area contributed by atoms with Crippen LogP contribution in [0, 0.1) is 10.1 Å². The third kappa shape index (κ3) is 5.38. The van der Waals surface area contributed by atoms with Gasteiger partial charge in [0.1, 0.15) is 30.8 Å². The van der Waals surface area contributed by atoms with Gasteiger partial charge in [0, 0.05) is 11.1 Å². The molecule has 0 bridgehead atoms. The quantitative estimate of drug-likeness (QED) is 0.275. The van der Waals surface area contributed by atoms with E-state index in [-0.39, 0.29) is 12.4 Å². The lowest BCUT2D eigenvalue weighted by molar-refractivity contribution is -0.392. The van der Waals surface area contributed by atoms with E-state index in [2.05, 4.69) is 15.3 Å². The van der Waals surface area contributed by atoms with Crippen molar-refractivity contribution in [1.82, 2.24) is 24.5 Å². The van der Waals surface area contributed by atoms with Gasteiger partial charge in [-0.25, -0.2) is 14.2 Å². The molecule has 0 atom stereocenters. The van der Waals surface area contributed by atoms with E-state index in [0.29, 0.717) is 29.6 Å². The third-order valence-corrected chi connectivity index (χ3v) is 4.87. The highest BCUT2D eigenvalue weighted by Gasteiger charge is 2.18. The maximum Gasteiger partial charge on any atom is 0.343 e. The van der Waals surface area contributed by atoms with Gasteiger partial charge >= 0.3 is 5.82 Å². The third-order valence-electron chi connectivity index (χ3n) is 4.62. The van der Waals surface area contributed by atoms with Gasteiger partial charge < -0.3 is 14.9 Å². The van der Waals surface area contributed by atoms with Crippen LogP contribution < -0.4 is 4.74 Å². The van der Waals surface area contributed by atoms with Crippen LogP contribution in [0.25, 0.3) is 12.2 Å². The highest BCUT2D eigenvalue weighted by atomic mass is 35.5. The number of ether oxygens (including phenoxy) is 1. The molecule has 2 aromatic heterocycles. The monoisotopic (exact) mass is 450 g/mol. The Bertz CT molecular complexity index is 1220. The van der Waals surface area contributed by atoms with Crippen LogP contribution in [0.5, 0.6) is 5.75 Å². The predicted molar refractivity (Wildman–Crippen MR) is 120 cm³/mol. The van der Waals surface area contributed by atoms with Crippen molar-refractivity contribution in [3.8, 4) is 5.75 Å². The Balaban J connectivity index is 1.43. The highest BCUT2D eigenvalue weighted by molar-refractivity contribution is 6.30. The van der Waals surface area contributed by atoms with Crippen LogP contribution >= 0.6 is 11.6 Å². The number of para-hydroxylation sites is 1. The fourth-order valence-electron chi connectivity index (χ4n) is 3.02. The maximum absolute atomic E-state index is 11.4. The molecule has 32 heavy (non-hydrogen) atoms. The Morgan fingerprint density at radius 2 is 1.84 bits per heavy atom. The van der Waals surface area contributed by atoms with Gasteiger partial charge in [-0.1, -0.05) is 47.1 Å². The van der Waals surface area contributed by atoms with E-state index in [0.717, 1.165) is 11.3 Å². The number of aromatic nitrogens is 5. The molecule has 0 aliphatic heterocycles. The number of nitro groups is 1. The van der Waals surface area contributed by atoms with Crippen molar-refractivity contribution in [2.24, 2.45) is 0 Å². The van der Waals surface area contributed by atoms with Gasteiger partial charge in [-0.2, -0.15) is 0 Å². The lowest BCUT2D eigenvalue weighted by atomic mass is 10.2. The van der Waals surface area contributed by atoms with Crippen molar-refractivity contribution in [2.45, 2.75) is 19.7 Å². The van der Waals surface area contributed by atoms with Crippen molar-refractivity contribution in [1.29, 1.82) is 0 Å². The van der Waals surface area contributed by atoms with Gasteiger partial charge in [0.2, 0.25) is 5.82 Å². The molecule has 9 nitrogen and oxygen atoms in total. The fourth-order valence-corrected chi connectivity index (χ4v) is 3.15. The summed E-state index contributed by atoms with van der Waals surface area (Å²) < 4.78 is 8.83. The Kier molecular flexibility index (Phi) is 6.57. The minimum absolute atomic E-state index is 0.0893. The van der Waals surface area contributed by atoms with Crippen LogP contribution in [0.3, 0.4) is 0 Å². The van der Waals surface area contributed by atoms with Crippen molar-refractivity contribution >= 4 is 29.6 Å². The average molecular weight is 451 g/mol. The summed E-state index contributed by atoms with van der Waals surface area (Å²) >= 11 is 5.91. The van der Waals surface area contributed by atoms with E-state index in [1.165, 1.54) is 10.8 Å². The molecule has 0 spiro atoms. The molecule has 0 fully saturated rings. The first-order chi connectivity index (χ1) is 15.6. The molecule has 4 rings (SSSR count). The Morgan fingerprint density at radius 1 is 1.06 bits per heavy atom. The van der Waals surface area contributed by atoms with Gasteiger partial charge in [0.05, 0.1) is 12.7 Å². The van der Waals surface area contributed by atoms with Gasteiger partial charge in [-0.3, -0.25) is 0 Å². The number of nitrogens with zero attached hydrogens (tertiary/aromatic N) is 6. The summed E-state index contributed by atoms with van der Waals surface area (Å²) in [7, 11) is 0. The van der Waals surface area contributed by atoms with Crippen LogP contribution in [0.15, 0.2) is 67.0 Å². The molecule has 0 saturated heterocycles. The maximum atomic E-state index is 11.4. The summed E-state index contributed by atoms with van der Waals surface area (Å²) in [4.78, 5) is 15.2. The summed E-state index contributed by atoms with van der Waals surface area (Å²) in [6.45, 7) is 0.973. The largest absolute Gasteiger partial charge is 0.487 e. The van der Waals surface area contributed by atoms with Gasteiger partial charge in [-0.05, 0) is 40.8 Å². The smallest absolute Gasteiger partial charge is 0.343 e. The number of aryl methyl sites for hydroxylation is 1. The van der Waals surface area contributed by atoms with Crippen molar-refractivity contribution in [2.75, 3.05) is 0 Å². The van der Waals surface area contributed by atoms with E-state index < -0.39 is 4.92 Å². The first kappa shape index (κ1) is 21.3. The van der Waals surface area contributed by atoms with Crippen LogP contribution in [0.4, 0.5) is 5.82 Å². The molecule has 2 heterocycles. The second-order valence-electron chi connectivity index (χ2n) is 6.84. The number of rotatable bonds is 9. The first-order valence-corrected chi connectivity index (χ1v) is 10.2. The Labute approximate surface area is 188 Å². The number of halogens is 1. The molecule has 162 valence electrons. The summed E-state index contributed by atoms with van der Waals surface area (Å²) in [5.74, 6) is 1.13. The zero-order chi connectivity index (χ0) is 22.3. The van der Waals surface area contributed by atoms with E-state index in [9.17, 15) is 10.1 Å². The molecule has 10 heteroatoms. The normalized spacial score (nSPS) is 11.2. The second-order valence-corrected chi connectivity index (χ2v) is 7.28. The highest BCUT2D eigenvalue weighted by Crippen LogP contribution is 2.18. The minimum atomic E-state index is -0.451. The SMILES string of the molecule is O=[N+]([O-])c1cnc(/C=C/c2ccc(Cl)cc2)n1CCn1cc(COc2ccccc2)nn1. The number of imidazole rings is 1. The van der Waals surface area contributed by atoms with E-state index in [4.69, 9.17) is 16.3 Å². The second kappa shape index (κ2) is 9.88. The predicted octanol–water partition coefficient (Wildman–Crippen LogP) is 4.49. The molecule has 0 amide bonds. The van der Waals surface area contributed by atoms with Crippen molar-refractivity contribution in [3.63, 3.8) is 0 Å². The summed E-state index contributed by atoms with van der Waals surface area (Å²) in [6.07, 6.45) is 6.57. The molecule has 0 N–H and O–H groups in total. The summed E-state index contributed by atoms with van der Waals surface area (Å²) in [5.41, 5.74) is 1.57. The molecule has 2 aromatic carbocycles. The Morgan fingerprint density at radius 3 is 2.59 bits per heavy atom. The van der Waals surface area contributed by atoms with Crippen LogP contribution in [-0.4, -0.2) is 29.5 Å². The molecular formula is C22H19ClN6O3. The van der Waals surface area contributed by atoms with Crippen LogP contribution in [0.1, 0.15) is 17.1 Å². The molecule has 4 aromatic rings. The summed E-state index contributed by atoms with van der Waals surface area (Å²) in [5, 5.41) is 20.3. The first-order valence-electron chi connectivity index (χ1n) is 9.79. The number of benzene rings is 2. The Hall–Kier alpha value is -3.98. The van der Waals surface area contributed by atoms with E-state index >= 15 is 0 Å². The minimum Gasteiger partial charge on any atom is -0.487 e. The topological polar surface area (TPSA) is 101 Å². The lowest BCUT2D eigenvalue weighted by Gasteiger charge is -2.03. The average Bonchev–Trinajstić information content (AvgIpc) is 3.43. The number of hydrogen-bond donors (Lipinski definition) is 0. The molecule has 0 radical (unpaired) electrons. The lowest BCUT2D eigenvalue weighted by Crippen LogP contribution is -2.11. The number of hydrogen-bond acceptors (Lipinski definition) is 6. The molecule has 0 aliphatic rings. The van der Waals surface area contributed by atoms with Crippen molar-refractivity contribution < 1.29 is 9.66 Å². The summed E-state index contributed by atoms with van der Waals surface area (Å²) in [6, 6.07) is 16.7. The van der Waals surface area contributed by atoms with Crippen molar-refractivity contribution in [3.05, 3.63) is 99.2 Å². The zero-order valence-electron chi connectivity index (χ0n) is 16.9. The van der Waals surface area contributed by atoms with Crippen LogP contribution in [0.2, 0.25) is 5.02 Å². The molecular weight excluding hydrogens is 432 g/mol. The standard InChI is InChI=1S/C22H19ClN6O3/c23-18-9-6-17(7-10-18)8-11-21-24-14-22(29(30)31)28(21)13-12-27-15-19(25-26-27)16-32-20-4-2-1-3-5-20/h1-11,14-15H,12-13,16H2/b11-8+. The molecule has 0 saturated carbocycles. The van der Waals surface area contributed by atoms with Gasteiger partial charge in [-0.15, -0.1) is 5.10 Å². The van der Waals surface area contributed by atoms with E-state index in [1.54, 1.807) is 29.1 Å². The van der Waals surface area contributed by atoms with Gasteiger partial charge in [0.15, 0.2) is 0 Å². The fraction of sp³-hybridized carbons (Fsp3) is 0.136. The van der Waals surface area contributed by atoms with Crippen LogP contribution in [-0.2, 0) is 19.7 Å². The van der Waals surface area contributed by atoms with E-state index in [1.807, 2.05) is 48.5 Å². The molecule has 0 unspecified atom stereocenters. The van der Waals surface area contributed by atoms with Gasteiger partial charge in [0.25, 0.3) is 0 Å².